The minimum Gasteiger partial charge on any atom is -0.312 e. The molecule has 0 spiro atoms. The molecule has 2 aromatic rings. The van der Waals surface area contributed by atoms with Gasteiger partial charge in [0.05, 0.1) is 5.56 Å². The van der Waals surface area contributed by atoms with Crippen LogP contribution >= 0.6 is 27.3 Å². The molecule has 0 aliphatic carbocycles. The molecule has 114 valence electrons. The van der Waals surface area contributed by atoms with Crippen LogP contribution in [0.4, 0.5) is 13.2 Å². The van der Waals surface area contributed by atoms with Crippen LogP contribution in [-0.4, -0.2) is 7.05 Å². The van der Waals surface area contributed by atoms with E-state index in [1.54, 1.807) is 23.5 Å². The van der Waals surface area contributed by atoms with Crippen molar-refractivity contribution in [2.75, 3.05) is 7.05 Å². The molecule has 0 amide bonds. The summed E-state index contributed by atoms with van der Waals surface area (Å²) in [5, 5.41) is 3.22. The molecular weight excluding hydrogens is 363 g/mol. The molecule has 0 aliphatic rings. The second-order valence-electron chi connectivity index (χ2n) is 4.79. The van der Waals surface area contributed by atoms with Crippen LogP contribution in [0.1, 0.15) is 26.9 Å². The third-order valence-corrected chi connectivity index (χ3v) is 5.54. The van der Waals surface area contributed by atoms with Crippen molar-refractivity contribution in [3.05, 3.63) is 55.7 Å². The quantitative estimate of drug-likeness (QED) is 0.757. The molecule has 1 N–H and O–H groups in total. The van der Waals surface area contributed by atoms with Crippen LogP contribution < -0.4 is 5.32 Å². The highest BCUT2D eigenvalue weighted by atomic mass is 79.9. The fourth-order valence-electron chi connectivity index (χ4n) is 2.06. The molecule has 0 aliphatic heterocycles. The van der Waals surface area contributed by atoms with Gasteiger partial charge in [0.1, 0.15) is 0 Å². The maximum absolute atomic E-state index is 12.5. The normalized spacial score (nSPS) is 13.4. The zero-order valence-corrected chi connectivity index (χ0v) is 14.0. The zero-order valence-electron chi connectivity index (χ0n) is 11.6. The Morgan fingerprint density at radius 1 is 1.24 bits per heavy atom. The lowest BCUT2D eigenvalue weighted by atomic mass is 10.0. The van der Waals surface area contributed by atoms with Crippen molar-refractivity contribution in [1.82, 2.24) is 5.32 Å². The van der Waals surface area contributed by atoms with Gasteiger partial charge < -0.3 is 5.32 Å². The number of nitrogens with one attached hydrogen (secondary N) is 1. The summed E-state index contributed by atoms with van der Waals surface area (Å²) in [5.74, 6) is 0. The molecule has 2 rings (SSSR count). The summed E-state index contributed by atoms with van der Waals surface area (Å²) in [6, 6.07) is 7.52. The molecular formula is C15H15BrF3NS. The Labute approximate surface area is 134 Å². The van der Waals surface area contributed by atoms with Crippen molar-refractivity contribution in [3.63, 3.8) is 0 Å². The number of benzene rings is 1. The first-order valence-corrected chi connectivity index (χ1v) is 8.01. The topological polar surface area (TPSA) is 12.0 Å². The van der Waals surface area contributed by atoms with Crippen molar-refractivity contribution in [3.8, 4) is 0 Å². The van der Waals surface area contributed by atoms with Gasteiger partial charge in [-0.05, 0) is 60.1 Å². The Kier molecular flexibility index (Phi) is 5.11. The Bertz CT molecular complexity index is 585. The minimum absolute atomic E-state index is 0.0942. The predicted molar refractivity (Wildman–Crippen MR) is 83.7 cm³/mol. The van der Waals surface area contributed by atoms with Gasteiger partial charge in [0, 0.05) is 20.3 Å². The zero-order chi connectivity index (χ0) is 15.6. The Hall–Kier alpha value is -0.850. The average Bonchev–Trinajstić information content (AvgIpc) is 2.75. The smallest absolute Gasteiger partial charge is 0.312 e. The standard InChI is InChI=1S/C15H15BrF3NS/c1-9-12(16)8-14(21-9)13(20-2)7-10-3-5-11(6-4-10)15(17,18)19/h3-6,8,13,20H,7H2,1-2H3. The van der Waals surface area contributed by atoms with Crippen molar-refractivity contribution in [1.29, 1.82) is 0 Å². The van der Waals surface area contributed by atoms with Crippen LogP contribution in [-0.2, 0) is 12.6 Å². The SMILES string of the molecule is CNC(Cc1ccc(C(F)(F)F)cc1)c1cc(Br)c(C)s1. The lowest BCUT2D eigenvalue weighted by Gasteiger charge is -2.15. The maximum Gasteiger partial charge on any atom is 0.416 e. The number of thiophene rings is 1. The van der Waals surface area contributed by atoms with Crippen LogP contribution in [0.5, 0.6) is 0 Å². The van der Waals surface area contributed by atoms with Gasteiger partial charge in [0.2, 0.25) is 0 Å². The summed E-state index contributed by atoms with van der Waals surface area (Å²) in [7, 11) is 1.86. The van der Waals surface area contributed by atoms with Gasteiger partial charge in [0.25, 0.3) is 0 Å². The highest BCUT2D eigenvalue weighted by Gasteiger charge is 2.30. The average molecular weight is 378 g/mol. The third kappa shape index (κ3) is 4.08. The number of hydrogen-bond acceptors (Lipinski definition) is 2. The number of hydrogen-bond donors (Lipinski definition) is 1. The van der Waals surface area contributed by atoms with E-state index in [0.717, 1.165) is 22.2 Å². The van der Waals surface area contributed by atoms with Gasteiger partial charge in [-0.15, -0.1) is 11.3 Å². The Morgan fingerprint density at radius 2 is 1.86 bits per heavy atom. The molecule has 0 saturated carbocycles. The number of alkyl halides is 3. The Morgan fingerprint density at radius 3 is 2.29 bits per heavy atom. The van der Waals surface area contributed by atoms with Crippen molar-refractivity contribution in [2.45, 2.75) is 25.6 Å². The maximum atomic E-state index is 12.5. The molecule has 0 radical (unpaired) electrons. The lowest BCUT2D eigenvalue weighted by molar-refractivity contribution is -0.137. The van der Waals surface area contributed by atoms with E-state index in [-0.39, 0.29) is 6.04 Å². The molecule has 6 heteroatoms. The molecule has 1 unspecified atom stereocenters. The molecule has 1 nitrogen and oxygen atoms in total. The number of rotatable bonds is 4. The highest BCUT2D eigenvalue weighted by molar-refractivity contribution is 9.10. The first-order valence-electron chi connectivity index (χ1n) is 6.40. The van der Waals surface area contributed by atoms with Crippen molar-refractivity contribution < 1.29 is 13.2 Å². The minimum atomic E-state index is -4.28. The second-order valence-corrected chi connectivity index (χ2v) is 6.94. The van der Waals surface area contributed by atoms with E-state index in [4.69, 9.17) is 0 Å². The lowest BCUT2D eigenvalue weighted by Crippen LogP contribution is -2.17. The van der Waals surface area contributed by atoms with E-state index in [1.807, 2.05) is 14.0 Å². The molecule has 0 saturated heterocycles. The summed E-state index contributed by atoms with van der Waals surface area (Å²) in [4.78, 5) is 2.36. The van der Waals surface area contributed by atoms with Crippen LogP contribution in [0, 0.1) is 6.92 Å². The summed E-state index contributed by atoms with van der Waals surface area (Å²) >= 11 is 5.17. The first-order chi connectivity index (χ1) is 9.81. The summed E-state index contributed by atoms with van der Waals surface area (Å²) in [6.45, 7) is 2.03. The van der Waals surface area contributed by atoms with Crippen LogP contribution in [0.15, 0.2) is 34.8 Å². The van der Waals surface area contributed by atoms with Gasteiger partial charge in [-0.1, -0.05) is 12.1 Å². The first kappa shape index (κ1) is 16.5. The van der Waals surface area contributed by atoms with Gasteiger partial charge in [-0.25, -0.2) is 0 Å². The fourth-order valence-corrected chi connectivity index (χ4v) is 3.73. The molecule has 21 heavy (non-hydrogen) atoms. The van der Waals surface area contributed by atoms with E-state index in [0.29, 0.717) is 6.42 Å². The van der Waals surface area contributed by atoms with E-state index < -0.39 is 11.7 Å². The molecule has 1 aromatic heterocycles. The monoisotopic (exact) mass is 377 g/mol. The van der Waals surface area contributed by atoms with Gasteiger partial charge in [-0.3, -0.25) is 0 Å². The van der Waals surface area contributed by atoms with E-state index in [1.165, 1.54) is 9.75 Å². The molecule has 0 fully saturated rings. The van der Waals surface area contributed by atoms with Crippen molar-refractivity contribution in [2.24, 2.45) is 0 Å². The fraction of sp³-hybridized carbons (Fsp3) is 0.333. The van der Waals surface area contributed by atoms with Crippen LogP contribution in [0.2, 0.25) is 0 Å². The summed E-state index contributed by atoms with van der Waals surface area (Å²) in [6.07, 6.45) is -3.63. The molecule has 0 bridgehead atoms. The second kappa shape index (κ2) is 6.50. The Balaban J connectivity index is 2.15. The van der Waals surface area contributed by atoms with Crippen molar-refractivity contribution >= 4 is 27.3 Å². The largest absolute Gasteiger partial charge is 0.416 e. The van der Waals surface area contributed by atoms with Gasteiger partial charge >= 0.3 is 6.18 Å². The highest BCUT2D eigenvalue weighted by Crippen LogP contribution is 2.33. The summed E-state index contributed by atoms with van der Waals surface area (Å²) < 4.78 is 38.7. The van der Waals surface area contributed by atoms with E-state index >= 15 is 0 Å². The number of aryl methyl sites for hydroxylation is 1. The van der Waals surface area contributed by atoms with Gasteiger partial charge in [-0.2, -0.15) is 13.2 Å². The summed E-state index contributed by atoms with van der Waals surface area (Å²) in [5.41, 5.74) is 0.270. The molecule has 1 atom stereocenters. The predicted octanol–water partition coefficient (Wildman–Crippen LogP) is 5.34. The third-order valence-electron chi connectivity index (χ3n) is 3.29. The number of halogens is 4. The van der Waals surface area contributed by atoms with E-state index in [9.17, 15) is 13.2 Å². The van der Waals surface area contributed by atoms with Crippen LogP contribution in [0.3, 0.4) is 0 Å². The van der Waals surface area contributed by atoms with Crippen LogP contribution in [0.25, 0.3) is 0 Å². The van der Waals surface area contributed by atoms with E-state index in [2.05, 4.69) is 27.3 Å². The van der Waals surface area contributed by atoms with Gasteiger partial charge in [0.15, 0.2) is 0 Å². The molecule has 1 aromatic carbocycles. The molecule has 1 heterocycles. The number of likely N-dealkylation sites (N-methyl/N-ethyl adjacent to an activating group) is 1.